The quantitative estimate of drug-likeness (QED) is 0.824. The summed E-state index contributed by atoms with van der Waals surface area (Å²) in [7, 11) is 1.92. The summed E-state index contributed by atoms with van der Waals surface area (Å²) in [6.45, 7) is 0. The summed E-state index contributed by atoms with van der Waals surface area (Å²) >= 11 is 0. The van der Waals surface area contributed by atoms with Crippen LogP contribution in [-0.4, -0.2) is 10.1 Å². The second-order valence-electron chi connectivity index (χ2n) is 4.94. The van der Waals surface area contributed by atoms with Crippen molar-refractivity contribution in [2.24, 2.45) is 12.8 Å². The van der Waals surface area contributed by atoms with Gasteiger partial charge < -0.3 is 10.3 Å². The number of benzene rings is 1. The SMILES string of the molecule is Cn1ccc2c(F)c(CC3(N)CC3)ccc21. The number of fused-ring (bicyclic) bond motifs is 1. The molecule has 0 amide bonds. The molecule has 0 unspecified atom stereocenters. The molecule has 0 atom stereocenters. The number of hydrogen-bond acceptors (Lipinski definition) is 1. The van der Waals surface area contributed by atoms with Crippen molar-refractivity contribution in [1.82, 2.24) is 4.57 Å². The maximum Gasteiger partial charge on any atom is 0.135 e. The van der Waals surface area contributed by atoms with Crippen molar-refractivity contribution < 1.29 is 4.39 Å². The first-order chi connectivity index (χ1) is 7.59. The first-order valence-electron chi connectivity index (χ1n) is 5.60. The summed E-state index contributed by atoms with van der Waals surface area (Å²) in [5, 5.41) is 0.698. The number of nitrogens with zero attached hydrogens (tertiary/aromatic N) is 1. The summed E-state index contributed by atoms with van der Waals surface area (Å²) in [5.41, 5.74) is 7.57. The van der Waals surface area contributed by atoms with Crippen molar-refractivity contribution in [2.75, 3.05) is 0 Å². The average molecular weight is 218 g/mol. The van der Waals surface area contributed by atoms with Crippen LogP contribution in [0.25, 0.3) is 10.9 Å². The standard InChI is InChI=1S/C13H15FN2/c1-16-7-4-10-11(16)3-2-9(12(10)14)8-13(15)5-6-13/h2-4,7H,5-6,8,15H2,1H3. The van der Waals surface area contributed by atoms with Crippen LogP contribution in [-0.2, 0) is 13.5 Å². The molecule has 3 heteroatoms. The maximum atomic E-state index is 14.2. The summed E-state index contributed by atoms with van der Waals surface area (Å²) in [4.78, 5) is 0. The molecule has 0 radical (unpaired) electrons. The van der Waals surface area contributed by atoms with Gasteiger partial charge in [-0.2, -0.15) is 0 Å². The van der Waals surface area contributed by atoms with Crippen LogP contribution in [0.5, 0.6) is 0 Å². The Morgan fingerprint density at radius 2 is 2.12 bits per heavy atom. The zero-order valence-corrected chi connectivity index (χ0v) is 9.33. The summed E-state index contributed by atoms with van der Waals surface area (Å²) in [6, 6.07) is 5.66. The zero-order valence-electron chi connectivity index (χ0n) is 9.33. The van der Waals surface area contributed by atoms with E-state index < -0.39 is 0 Å². The van der Waals surface area contributed by atoms with Crippen LogP contribution in [0.15, 0.2) is 24.4 Å². The molecule has 0 saturated heterocycles. The van der Waals surface area contributed by atoms with Gasteiger partial charge in [-0.25, -0.2) is 4.39 Å². The molecule has 84 valence electrons. The number of aryl methyl sites for hydroxylation is 1. The molecule has 1 aliphatic rings. The van der Waals surface area contributed by atoms with Crippen LogP contribution >= 0.6 is 0 Å². The molecule has 1 aromatic carbocycles. The number of nitrogens with two attached hydrogens (primary N) is 1. The number of hydrogen-bond donors (Lipinski definition) is 1. The van der Waals surface area contributed by atoms with E-state index in [1.807, 2.05) is 36.0 Å². The van der Waals surface area contributed by atoms with Gasteiger partial charge in [0.25, 0.3) is 0 Å². The Morgan fingerprint density at radius 1 is 1.38 bits per heavy atom. The Kier molecular flexibility index (Phi) is 1.89. The fourth-order valence-corrected chi connectivity index (χ4v) is 2.21. The Morgan fingerprint density at radius 3 is 2.81 bits per heavy atom. The summed E-state index contributed by atoms with van der Waals surface area (Å²) < 4.78 is 16.1. The van der Waals surface area contributed by atoms with Crippen molar-refractivity contribution in [2.45, 2.75) is 24.8 Å². The van der Waals surface area contributed by atoms with E-state index in [1.165, 1.54) is 0 Å². The molecule has 16 heavy (non-hydrogen) atoms. The minimum Gasteiger partial charge on any atom is -0.350 e. The predicted octanol–water partition coefficient (Wildman–Crippen LogP) is 2.35. The van der Waals surface area contributed by atoms with Gasteiger partial charge in [0, 0.05) is 24.2 Å². The third kappa shape index (κ3) is 1.43. The van der Waals surface area contributed by atoms with E-state index in [4.69, 9.17) is 5.73 Å². The van der Waals surface area contributed by atoms with Crippen LogP contribution in [0.4, 0.5) is 4.39 Å². The number of aromatic nitrogens is 1. The molecule has 2 aromatic rings. The molecule has 1 heterocycles. The highest BCUT2D eigenvalue weighted by molar-refractivity contribution is 5.81. The second kappa shape index (κ2) is 3.08. The molecule has 1 aromatic heterocycles. The minimum atomic E-state index is -0.136. The summed E-state index contributed by atoms with van der Waals surface area (Å²) in [6.07, 6.45) is 4.56. The topological polar surface area (TPSA) is 30.9 Å². The van der Waals surface area contributed by atoms with Crippen molar-refractivity contribution in [3.63, 3.8) is 0 Å². The Balaban J connectivity index is 2.09. The smallest absolute Gasteiger partial charge is 0.135 e. The van der Waals surface area contributed by atoms with Crippen LogP contribution < -0.4 is 5.73 Å². The van der Waals surface area contributed by atoms with Crippen molar-refractivity contribution in [3.8, 4) is 0 Å². The highest BCUT2D eigenvalue weighted by atomic mass is 19.1. The fourth-order valence-electron chi connectivity index (χ4n) is 2.21. The second-order valence-corrected chi connectivity index (χ2v) is 4.94. The van der Waals surface area contributed by atoms with E-state index in [-0.39, 0.29) is 11.4 Å². The molecule has 1 fully saturated rings. The molecular weight excluding hydrogens is 203 g/mol. The lowest BCUT2D eigenvalue weighted by Gasteiger charge is -2.10. The predicted molar refractivity (Wildman–Crippen MR) is 62.7 cm³/mol. The van der Waals surface area contributed by atoms with E-state index in [9.17, 15) is 4.39 Å². The molecule has 1 aliphatic carbocycles. The van der Waals surface area contributed by atoms with Crippen LogP contribution in [0.1, 0.15) is 18.4 Å². The highest BCUT2D eigenvalue weighted by Crippen LogP contribution is 2.37. The molecule has 0 spiro atoms. The largest absolute Gasteiger partial charge is 0.350 e. The van der Waals surface area contributed by atoms with Gasteiger partial charge in [0.05, 0.1) is 5.52 Å². The van der Waals surface area contributed by atoms with Gasteiger partial charge in [0.1, 0.15) is 5.82 Å². The minimum absolute atomic E-state index is 0.102. The van der Waals surface area contributed by atoms with E-state index >= 15 is 0 Å². The average Bonchev–Trinajstić information content (AvgIpc) is 2.84. The molecular formula is C13H15FN2. The molecule has 2 nitrogen and oxygen atoms in total. The highest BCUT2D eigenvalue weighted by Gasteiger charge is 2.38. The van der Waals surface area contributed by atoms with Crippen LogP contribution in [0.3, 0.4) is 0 Å². The van der Waals surface area contributed by atoms with Gasteiger partial charge in [-0.15, -0.1) is 0 Å². The lowest BCUT2D eigenvalue weighted by molar-refractivity contribution is 0.591. The van der Waals surface area contributed by atoms with Gasteiger partial charge in [0.2, 0.25) is 0 Å². The van der Waals surface area contributed by atoms with E-state index in [0.29, 0.717) is 11.8 Å². The molecule has 0 aliphatic heterocycles. The number of halogens is 1. The Bertz CT molecular complexity index is 552. The van der Waals surface area contributed by atoms with Gasteiger partial charge >= 0.3 is 0 Å². The lowest BCUT2D eigenvalue weighted by atomic mass is 10.0. The first-order valence-corrected chi connectivity index (χ1v) is 5.60. The van der Waals surface area contributed by atoms with Crippen molar-refractivity contribution >= 4 is 10.9 Å². The van der Waals surface area contributed by atoms with E-state index in [2.05, 4.69) is 0 Å². The molecule has 1 saturated carbocycles. The van der Waals surface area contributed by atoms with Gasteiger partial charge in [-0.3, -0.25) is 0 Å². The maximum absolute atomic E-state index is 14.2. The summed E-state index contributed by atoms with van der Waals surface area (Å²) in [5.74, 6) is -0.102. The Labute approximate surface area is 93.9 Å². The Hall–Kier alpha value is -1.35. The third-order valence-corrected chi connectivity index (χ3v) is 3.52. The molecule has 3 rings (SSSR count). The van der Waals surface area contributed by atoms with Crippen LogP contribution in [0, 0.1) is 5.82 Å². The molecule has 2 N–H and O–H groups in total. The van der Waals surface area contributed by atoms with E-state index in [0.717, 1.165) is 23.9 Å². The van der Waals surface area contributed by atoms with Crippen molar-refractivity contribution in [3.05, 3.63) is 35.8 Å². The number of rotatable bonds is 2. The third-order valence-electron chi connectivity index (χ3n) is 3.52. The normalized spacial score (nSPS) is 17.9. The first kappa shape index (κ1) is 9.85. The zero-order chi connectivity index (χ0) is 11.3. The lowest BCUT2D eigenvalue weighted by Crippen LogP contribution is -2.25. The van der Waals surface area contributed by atoms with Gasteiger partial charge in [-0.05, 0) is 37.0 Å². The van der Waals surface area contributed by atoms with Crippen LogP contribution in [0.2, 0.25) is 0 Å². The molecule has 0 bridgehead atoms. The van der Waals surface area contributed by atoms with E-state index in [1.54, 1.807) is 0 Å². The van der Waals surface area contributed by atoms with Gasteiger partial charge in [-0.1, -0.05) is 6.07 Å². The monoisotopic (exact) mass is 218 g/mol. The fraction of sp³-hybridized carbons (Fsp3) is 0.385. The van der Waals surface area contributed by atoms with Gasteiger partial charge in [0.15, 0.2) is 0 Å². The van der Waals surface area contributed by atoms with Crippen molar-refractivity contribution in [1.29, 1.82) is 0 Å².